The molecule has 4 heteroatoms. The van der Waals surface area contributed by atoms with Gasteiger partial charge in [-0.3, -0.25) is 9.20 Å². The highest BCUT2D eigenvalue weighted by molar-refractivity contribution is 5.74. The molecule has 2 rings (SSSR count). The Bertz CT molecular complexity index is 507. The summed E-state index contributed by atoms with van der Waals surface area (Å²) in [6.07, 6.45) is 2.33. The lowest BCUT2D eigenvalue weighted by atomic mass is 10.3. The van der Waals surface area contributed by atoms with Gasteiger partial charge in [0.1, 0.15) is 6.07 Å². The predicted molar refractivity (Wildman–Crippen MR) is 45.3 cm³/mol. The third-order valence-electron chi connectivity index (χ3n) is 1.79. The molecule has 0 N–H and O–H groups in total. The summed E-state index contributed by atoms with van der Waals surface area (Å²) in [6, 6.07) is 7.26. The molecule has 2 aromatic rings. The SMILES string of the molecule is N#Cc1nc(C=O)n2ccccc12. The summed E-state index contributed by atoms with van der Waals surface area (Å²) >= 11 is 0. The molecular weight excluding hydrogens is 166 g/mol. The van der Waals surface area contributed by atoms with Crippen LogP contribution in [0.25, 0.3) is 5.52 Å². The predicted octanol–water partition coefficient (Wildman–Crippen LogP) is 1.02. The number of nitriles is 1. The first-order chi connectivity index (χ1) is 6.36. The molecule has 0 aromatic carbocycles. The van der Waals surface area contributed by atoms with Crippen LogP contribution in [0.1, 0.15) is 16.3 Å². The summed E-state index contributed by atoms with van der Waals surface area (Å²) in [6.45, 7) is 0. The van der Waals surface area contributed by atoms with Crippen molar-refractivity contribution in [3.63, 3.8) is 0 Å². The number of aromatic nitrogens is 2. The number of carbonyl (C=O) groups excluding carboxylic acids is 1. The van der Waals surface area contributed by atoms with Crippen LogP contribution in [0.15, 0.2) is 24.4 Å². The molecule has 4 nitrogen and oxygen atoms in total. The molecule has 0 saturated heterocycles. The highest BCUT2D eigenvalue weighted by Gasteiger charge is 2.07. The van der Waals surface area contributed by atoms with E-state index in [0.717, 1.165) is 0 Å². The average molecular weight is 171 g/mol. The molecule has 0 aliphatic carbocycles. The van der Waals surface area contributed by atoms with Gasteiger partial charge in [0.05, 0.1) is 5.52 Å². The van der Waals surface area contributed by atoms with E-state index in [9.17, 15) is 4.79 Å². The maximum atomic E-state index is 10.6. The molecule has 13 heavy (non-hydrogen) atoms. The lowest BCUT2D eigenvalue weighted by Crippen LogP contribution is -1.89. The molecule has 0 aliphatic rings. The molecule has 2 heterocycles. The van der Waals surface area contributed by atoms with Gasteiger partial charge in [-0.05, 0) is 12.1 Å². The molecular formula is C9H5N3O. The van der Waals surface area contributed by atoms with Crippen molar-refractivity contribution in [2.24, 2.45) is 0 Å². The van der Waals surface area contributed by atoms with Crippen molar-refractivity contribution in [3.05, 3.63) is 35.9 Å². The third kappa shape index (κ3) is 0.983. The number of fused-ring (bicyclic) bond motifs is 1. The number of hydrogen-bond acceptors (Lipinski definition) is 3. The molecule has 0 bridgehead atoms. The smallest absolute Gasteiger partial charge is 0.185 e. The van der Waals surface area contributed by atoms with Crippen LogP contribution < -0.4 is 0 Å². The number of nitrogens with zero attached hydrogens (tertiary/aromatic N) is 3. The van der Waals surface area contributed by atoms with Crippen molar-refractivity contribution in [1.29, 1.82) is 5.26 Å². The van der Waals surface area contributed by atoms with Crippen molar-refractivity contribution in [2.45, 2.75) is 0 Å². The van der Waals surface area contributed by atoms with Crippen molar-refractivity contribution < 1.29 is 4.79 Å². The minimum absolute atomic E-state index is 0.257. The standard InChI is InChI=1S/C9H5N3O/c10-5-7-8-3-1-2-4-12(8)9(6-13)11-7/h1-4,6H. The first-order valence-corrected chi connectivity index (χ1v) is 3.69. The molecule has 0 fully saturated rings. The van der Waals surface area contributed by atoms with Crippen molar-refractivity contribution in [2.75, 3.05) is 0 Å². The molecule has 62 valence electrons. The lowest BCUT2D eigenvalue weighted by molar-refractivity contribution is 0.111. The van der Waals surface area contributed by atoms with Gasteiger partial charge in [-0.2, -0.15) is 5.26 Å². The Balaban J connectivity index is 2.92. The Morgan fingerprint density at radius 2 is 2.38 bits per heavy atom. The van der Waals surface area contributed by atoms with Crippen LogP contribution in [-0.4, -0.2) is 15.7 Å². The summed E-state index contributed by atoms with van der Waals surface area (Å²) in [7, 11) is 0. The van der Waals surface area contributed by atoms with E-state index in [0.29, 0.717) is 11.8 Å². The van der Waals surface area contributed by atoms with Gasteiger partial charge in [0.2, 0.25) is 0 Å². The fraction of sp³-hybridized carbons (Fsp3) is 0. The van der Waals surface area contributed by atoms with Crippen LogP contribution >= 0.6 is 0 Å². The van der Waals surface area contributed by atoms with Crippen LogP contribution in [0.4, 0.5) is 0 Å². The van der Waals surface area contributed by atoms with Gasteiger partial charge < -0.3 is 0 Å². The Morgan fingerprint density at radius 3 is 3.08 bits per heavy atom. The number of hydrogen-bond donors (Lipinski definition) is 0. The van der Waals surface area contributed by atoms with Crippen molar-refractivity contribution in [3.8, 4) is 6.07 Å². The normalized spacial score (nSPS) is 9.77. The first-order valence-electron chi connectivity index (χ1n) is 3.69. The van der Waals surface area contributed by atoms with E-state index in [2.05, 4.69) is 4.98 Å². The zero-order valence-corrected chi connectivity index (χ0v) is 6.64. The molecule has 0 aliphatic heterocycles. The molecule has 0 unspecified atom stereocenters. The second-order valence-electron chi connectivity index (χ2n) is 2.50. The fourth-order valence-electron chi connectivity index (χ4n) is 1.23. The zero-order valence-electron chi connectivity index (χ0n) is 6.64. The maximum Gasteiger partial charge on any atom is 0.185 e. The highest BCUT2D eigenvalue weighted by atomic mass is 16.1. The monoisotopic (exact) mass is 171 g/mol. The van der Waals surface area contributed by atoms with Gasteiger partial charge in [-0.15, -0.1) is 0 Å². The Kier molecular flexibility index (Phi) is 1.57. The van der Waals surface area contributed by atoms with E-state index in [4.69, 9.17) is 5.26 Å². The number of aldehydes is 1. The fourth-order valence-corrected chi connectivity index (χ4v) is 1.23. The van der Waals surface area contributed by atoms with Gasteiger partial charge >= 0.3 is 0 Å². The Hall–Kier alpha value is -2.15. The summed E-state index contributed by atoms with van der Waals surface area (Å²) in [5.74, 6) is 0.257. The van der Waals surface area contributed by atoms with Gasteiger partial charge in [0.15, 0.2) is 17.8 Å². The zero-order chi connectivity index (χ0) is 9.26. The van der Waals surface area contributed by atoms with Crippen molar-refractivity contribution in [1.82, 2.24) is 9.38 Å². The lowest BCUT2D eigenvalue weighted by Gasteiger charge is -1.91. The summed E-state index contributed by atoms with van der Waals surface area (Å²) < 4.78 is 1.59. The summed E-state index contributed by atoms with van der Waals surface area (Å²) in [5.41, 5.74) is 0.940. The minimum atomic E-state index is 0.257. The Labute approximate surface area is 74.1 Å². The van der Waals surface area contributed by atoms with E-state index in [-0.39, 0.29) is 11.5 Å². The quantitative estimate of drug-likeness (QED) is 0.602. The van der Waals surface area contributed by atoms with Gasteiger partial charge in [-0.1, -0.05) is 6.07 Å². The largest absolute Gasteiger partial charge is 0.296 e. The first kappa shape index (κ1) is 7.50. The number of rotatable bonds is 1. The number of carbonyl (C=O) groups is 1. The molecule has 0 spiro atoms. The third-order valence-corrected chi connectivity index (χ3v) is 1.79. The van der Waals surface area contributed by atoms with E-state index in [1.807, 2.05) is 6.07 Å². The molecule has 0 atom stereocenters. The Morgan fingerprint density at radius 1 is 1.54 bits per heavy atom. The molecule has 2 aromatic heterocycles. The second-order valence-corrected chi connectivity index (χ2v) is 2.50. The van der Waals surface area contributed by atoms with Crippen LogP contribution in [0.2, 0.25) is 0 Å². The van der Waals surface area contributed by atoms with E-state index < -0.39 is 0 Å². The molecule has 0 saturated carbocycles. The van der Waals surface area contributed by atoms with E-state index >= 15 is 0 Å². The van der Waals surface area contributed by atoms with Crippen LogP contribution in [0.3, 0.4) is 0 Å². The maximum absolute atomic E-state index is 10.6. The van der Waals surface area contributed by atoms with Crippen LogP contribution in [0, 0.1) is 11.3 Å². The summed E-state index contributed by atoms with van der Waals surface area (Å²) in [4.78, 5) is 14.4. The minimum Gasteiger partial charge on any atom is -0.296 e. The van der Waals surface area contributed by atoms with Gasteiger partial charge in [0.25, 0.3) is 0 Å². The number of imidazole rings is 1. The second kappa shape index (κ2) is 2.72. The van der Waals surface area contributed by atoms with E-state index in [1.165, 1.54) is 0 Å². The highest BCUT2D eigenvalue weighted by Crippen LogP contribution is 2.10. The van der Waals surface area contributed by atoms with Crippen molar-refractivity contribution >= 4 is 11.8 Å². The summed E-state index contributed by atoms with van der Waals surface area (Å²) in [5, 5.41) is 8.70. The van der Waals surface area contributed by atoms with E-state index in [1.54, 1.807) is 28.8 Å². The topological polar surface area (TPSA) is 58.2 Å². The molecule has 0 amide bonds. The van der Waals surface area contributed by atoms with Gasteiger partial charge in [-0.25, -0.2) is 4.98 Å². The van der Waals surface area contributed by atoms with Crippen LogP contribution in [0.5, 0.6) is 0 Å². The average Bonchev–Trinajstić information content (AvgIpc) is 2.56. The van der Waals surface area contributed by atoms with Crippen LogP contribution in [-0.2, 0) is 0 Å². The van der Waals surface area contributed by atoms with Gasteiger partial charge in [0, 0.05) is 6.20 Å². The molecule has 0 radical (unpaired) electrons. The number of pyridine rings is 1.